The van der Waals surface area contributed by atoms with Gasteiger partial charge < -0.3 is 16.0 Å². The molecule has 0 atom stereocenters. The number of aromatic nitrogens is 1. The second kappa shape index (κ2) is 5.77. The maximum Gasteiger partial charge on any atom is 0.433 e. The Bertz CT molecular complexity index is 462. The summed E-state index contributed by atoms with van der Waals surface area (Å²) in [6.07, 6.45) is -3.61. The molecule has 0 saturated heterocycles. The highest BCUT2D eigenvalue weighted by Gasteiger charge is 2.33. The van der Waals surface area contributed by atoms with E-state index in [-0.39, 0.29) is 23.8 Å². The SMILES string of the molecule is CCNC(=O)CN(C)c1cc(C(F)(F)F)ncc1N. The summed E-state index contributed by atoms with van der Waals surface area (Å²) in [5.41, 5.74) is 4.74. The molecular weight excluding hydrogens is 261 g/mol. The molecule has 0 bridgehead atoms. The molecule has 8 heteroatoms. The van der Waals surface area contributed by atoms with E-state index in [1.54, 1.807) is 6.92 Å². The van der Waals surface area contributed by atoms with Crippen LogP contribution in [0.2, 0.25) is 0 Å². The Balaban J connectivity index is 2.96. The van der Waals surface area contributed by atoms with Crippen molar-refractivity contribution < 1.29 is 18.0 Å². The van der Waals surface area contributed by atoms with E-state index in [4.69, 9.17) is 5.73 Å². The predicted octanol–water partition coefficient (Wildman–Crippen LogP) is 1.25. The van der Waals surface area contributed by atoms with Crippen molar-refractivity contribution in [3.63, 3.8) is 0 Å². The summed E-state index contributed by atoms with van der Waals surface area (Å²) in [5, 5.41) is 2.55. The second-order valence-electron chi connectivity index (χ2n) is 3.94. The molecule has 1 rings (SSSR count). The fraction of sp³-hybridized carbons (Fsp3) is 0.455. The van der Waals surface area contributed by atoms with E-state index in [9.17, 15) is 18.0 Å². The third-order valence-corrected chi connectivity index (χ3v) is 2.37. The third-order valence-electron chi connectivity index (χ3n) is 2.37. The van der Waals surface area contributed by atoms with Crippen LogP contribution in [0, 0.1) is 0 Å². The van der Waals surface area contributed by atoms with Gasteiger partial charge in [-0.1, -0.05) is 0 Å². The smallest absolute Gasteiger partial charge is 0.396 e. The molecule has 0 aliphatic carbocycles. The predicted molar refractivity (Wildman–Crippen MR) is 65.6 cm³/mol. The Labute approximate surface area is 108 Å². The van der Waals surface area contributed by atoms with Gasteiger partial charge in [-0.15, -0.1) is 0 Å². The number of nitrogens with one attached hydrogen (secondary N) is 1. The van der Waals surface area contributed by atoms with Gasteiger partial charge in [0.05, 0.1) is 24.1 Å². The Morgan fingerprint density at radius 3 is 2.68 bits per heavy atom. The maximum atomic E-state index is 12.5. The number of likely N-dealkylation sites (N-methyl/N-ethyl adjacent to an activating group) is 2. The molecular formula is C11H15F3N4O. The first kappa shape index (κ1) is 15.1. The molecule has 0 aliphatic rings. The van der Waals surface area contributed by atoms with Gasteiger partial charge in [-0.25, -0.2) is 4.98 Å². The zero-order chi connectivity index (χ0) is 14.6. The van der Waals surface area contributed by atoms with Gasteiger partial charge in [0.15, 0.2) is 0 Å². The van der Waals surface area contributed by atoms with Gasteiger partial charge in [-0.2, -0.15) is 13.2 Å². The van der Waals surface area contributed by atoms with Crippen LogP contribution >= 0.6 is 0 Å². The highest BCUT2D eigenvalue weighted by atomic mass is 19.4. The summed E-state index contributed by atoms with van der Waals surface area (Å²) < 4.78 is 37.6. The summed E-state index contributed by atoms with van der Waals surface area (Å²) in [7, 11) is 1.49. The molecule has 0 aromatic carbocycles. The summed E-state index contributed by atoms with van der Waals surface area (Å²) in [4.78, 5) is 16.0. The zero-order valence-corrected chi connectivity index (χ0v) is 10.6. The summed E-state index contributed by atoms with van der Waals surface area (Å²) >= 11 is 0. The number of pyridine rings is 1. The first-order valence-corrected chi connectivity index (χ1v) is 5.56. The first-order chi connectivity index (χ1) is 8.75. The number of nitrogens with zero attached hydrogens (tertiary/aromatic N) is 2. The molecule has 0 unspecified atom stereocenters. The van der Waals surface area contributed by atoms with Gasteiger partial charge >= 0.3 is 6.18 Å². The molecule has 106 valence electrons. The summed E-state index contributed by atoms with van der Waals surface area (Å²) in [6, 6.07) is 0.828. The minimum absolute atomic E-state index is 0.0831. The molecule has 5 nitrogen and oxygen atoms in total. The van der Waals surface area contributed by atoms with Crippen LogP contribution in [0.1, 0.15) is 12.6 Å². The number of anilines is 2. The molecule has 0 saturated carbocycles. The lowest BCUT2D eigenvalue weighted by molar-refractivity contribution is -0.141. The molecule has 0 spiro atoms. The fourth-order valence-electron chi connectivity index (χ4n) is 1.49. The van der Waals surface area contributed by atoms with Crippen LogP contribution in [0.5, 0.6) is 0 Å². The van der Waals surface area contributed by atoms with E-state index < -0.39 is 11.9 Å². The molecule has 19 heavy (non-hydrogen) atoms. The van der Waals surface area contributed by atoms with Crippen molar-refractivity contribution in [2.24, 2.45) is 0 Å². The van der Waals surface area contributed by atoms with E-state index in [0.717, 1.165) is 12.3 Å². The van der Waals surface area contributed by atoms with Crippen molar-refractivity contribution in [1.29, 1.82) is 0 Å². The quantitative estimate of drug-likeness (QED) is 0.868. The molecule has 0 radical (unpaired) electrons. The average Bonchev–Trinajstić information content (AvgIpc) is 2.27. The third kappa shape index (κ3) is 4.01. The van der Waals surface area contributed by atoms with Gasteiger partial charge in [0, 0.05) is 13.6 Å². The summed E-state index contributed by atoms with van der Waals surface area (Å²) in [5.74, 6) is -0.297. The van der Waals surface area contributed by atoms with E-state index >= 15 is 0 Å². The number of hydrogen-bond acceptors (Lipinski definition) is 4. The van der Waals surface area contributed by atoms with Gasteiger partial charge in [-0.05, 0) is 13.0 Å². The fourth-order valence-corrected chi connectivity index (χ4v) is 1.49. The number of carbonyl (C=O) groups is 1. The highest BCUT2D eigenvalue weighted by molar-refractivity contribution is 5.82. The Morgan fingerprint density at radius 2 is 2.16 bits per heavy atom. The van der Waals surface area contributed by atoms with Crippen molar-refractivity contribution >= 4 is 17.3 Å². The van der Waals surface area contributed by atoms with Crippen molar-refractivity contribution in [1.82, 2.24) is 10.3 Å². The van der Waals surface area contributed by atoms with Crippen molar-refractivity contribution in [2.45, 2.75) is 13.1 Å². The normalized spacial score (nSPS) is 11.2. The molecule has 3 N–H and O–H groups in total. The Kier molecular flexibility index (Phi) is 4.57. The monoisotopic (exact) mass is 276 g/mol. The Morgan fingerprint density at radius 1 is 1.53 bits per heavy atom. The van der Waals surface area contributed by atoms with E-state index in [1.807, 2.05) is 0 Å². The van der Waals surface area contributed by atoms with Gasteiger partial charge in [0.2, 0.25) is 5.91 Å². The summed E-state index contributed by atoms with van der Waals surface area (Å²) in [6.45, 7) is 2.12. The van der Waals surface area contributed by atoms with E-state index in [1.165, 1.54) is 11.9 Å². The number of nitrogen functional groups attached to an aromatic ring is 1. The van der Waals surface area contributed by atoms with E-state index in [0.29, 0.717) is 6.54 Å². The molecule has 1 amide bonds. The van der Waals surface area contributed by atoms with Crippen LogP contribution in [-0.4, -0.2) is 31.0 Å². The number of alkyl halides is 3. The average molecular weight is 276 g/mol. The number of hydrogen-bond donors (Lipinski definition) is 2. The largest absolute Gasteiger partial charge is 0.433 e. The van der Waals surface area contributed by atoms with E-state index in [2.05, 4.69) is 10.3 Å². The van der Waals surface area contributed by atoms with Gasteiger partial charge in [-0.3, -0.25) is 4.79 Å². The molecule has 0 fully saturated rings. The minimum atomic E-state index is -4.55. The van der Waals surface area contributed by atoms with Crippen LogP contribution in [-0.2, 0) is 11.0 Å². The van der Waals surface area contributed by atoms with Crippen LogP contribution in [0.4, 0.5) is 24.5 Å². The lowest BCUT2D eigenvalue weighted by atomic mass is 10.2. The van der Waals surface area contributed by atoms with Crippen LogP contribution in [0.15, 0.2) is 12.3 Å². The molecule has 0 aliphatic heterocycles. The topological polar surface area (TPSA) is 71.2 Å². The van der Waals surface area contributed by atoms with Crippen LogP contribution < -0.4 is 16.0 Å². The number of halogens is 3. The Hall–Kier alpha value is -1.99. The van der Waals surface area contributed by atoms with Crippen molar-refractivity contribution in [2.75, 3.05) is 30.8 Å². The molecule has 1 heterocycles. The van der Waals surface area contributed by atoms with Gasteiger partial charge in [0.1, 0.15) is 5.69 Å². The molecule has 1 aromatic rings. The zero-order valence-electron chi connectivity index (χ0n) is 10.6. The number of amides is 1. The number of nitrogens with two attached hydrogens (primary N) is 1. The number of rotatable bonds is 4. The van der Waals surface area contributed by atoms with Crippen molar-refractivity contribution in [3.8, 4) is 0 Å². The van der Waals surface area contributed by atoms with Crippen LogP contribution in [0.25, 0.3) is 0 Å². The standard InChI is InChI=1S/C11H15F3N4O/c1-3-16-10(19)6-18(2)8-4-9(11(12,13)14)17-5-7(8)15/h4-5H,3,6,15H2,1-2H3,(H,16,19). The maximum absolute atomic E-state index is 12.5. The number of carbonyl (C=O) groups excluding carboxylic acids is 1. The molecule has 1 aromatic heterocycles. The highest BCUT2D eigenvalue weighted by Crippen LogP contribution is 2.32. The van der Waals surface area contributed by atoms with Crippen LogP contribution in [0.3, 0.4) is 0 Å². The first-order valence-electron chi connectivity index (χ1n) is 5.56. The minimum Gasteiger partial charge on any atom is -0.396 e. The van der Waals surface area contributed by atoms with Crippen molar-refractivity contribution in [3.05, 3.63) is 18.0 Å². The second-order valence-corrected chi connectivity index (χ2v) is 3.94. The lowest BCUT2D eigenvalue weighted by Gasteiger charge is -2.21. The van der Waals surface area contributed by atoms with Gasteiger partial charge in [0.25, 0.3) is 0 Å². The lowest BCUT2D eigenvalue weighted by Crippen LogP contribution is -2.35.